The van der Waals surface area contributed by atoms with E-state index in [1.165, 1.54) is 0 Å². The van der Waals surface area contributed by atoms with Gasteiger partial charge in [-0.15, -0.1) is 6.42 Å². The minimum Gasteiger partial charge on any atom is -0.115 e. The van der Waals surface area contributed by atoms with Crippen molar-refractivity contribution in [3.63, 3.8) is 0 Å². The van der Waals surface area contributed by atoms with Crippen LogP contribution in [-0.2, 0) is 0 Å². The molecule has 0 saturated carbocycles. The maximum absolute atomic E-state index is 5.61. The predicted octanol–water partition coefficient (Wildman–Crippen LogP) is 5.48. The summed E-state index contributed by atoms with van der Waals surface area (Å²) in [6.45, 7) is 5.78. The minimum absolute atomic E-state index is 0.880. The summed E-state index contributed by atoms with van der Waals surface area (Å²) in [6, 6.07) is 16.5. The van der Waals surface area contributed by atoms with Crippen LogP contribution in [0.15, 0.2) is 79.4 Å². The molecule has 0 saturated heterocycles. The van der Waals surface area contributed by atoms with Gasteiger partial charge in [0.25, 0.3) is 0 Å². The second-order valence-corrected chi connectivity index (χ2v) is 4.67. The van der Waals surface area contributed by atoms with Crippen LogP contribution in [0.5, 0.6) is 0 Å². The molecular formula is C21H18. The quantitative estimate of drug-likeness (QED) is 0.509. The molecule has 0 heteroatoms. The van der Waals surface area contributed by atoms with Crippen LogP contribution in [0.4, 0.5) is 0 Å². The smallest absolute Gasteiger partial charge is 0.0254 e. The van der Waals surface area contributed by atoms with Crippen molar-refractivity contribution in [1.82, 2.24) is 0 Å². The number of terminal acetylenes is 1. The van der Waals surface area contributed by atoms with Crippen LogP contribution in [0.25, 0.3) is 16.7 Å². The molecule has 2 rings (SSSR count). The maximum Gasteiger partial charge on any atom is 0.0254 e. The number of rotatable bonds is 4. The second-order valence-electron chi connectivity index (χ2n) is 4.67. The topological polar surface area (TPSA) is 0 Å². The Morgan fingerprint density at radius 2 is 1.86 bits per heavy atom. The number of benzene rings is 2. The molecule has 0 radical (unpaired) electrons. The standard InChI is InChI=1S/C21H18/c1-4-10-18(11-5-2)20-14-17(6-3)15-21(16-20)19-12-8-7-9-13-19/h3-5,7-16H,1H2,2H3/b11-5-,18-10+. The Morgan fingerprint density at radius 1 is 1.10 bits per heavy atom. The van der Waals surface area contributed by atoms with Crippen molar-refractivity contribution in [2.24, 2.45) is 0 Å². The molecule has 0 aliphatic carbocycles. The fourth-order valence-corrected chi connectivity index (χ4v) is 2.23. The van der Waals surface area contributed by atoms with Crippen molar-refractivity contribution < 1.29 is 0 Å². The monoisotopic (exact) mass is 270 g/mol. The molecule has 0 fully saturated rings. The average Bonchev–Trinajstić information content (AvgIpc) is 2.55. The molecule has 0 aliphatic rings. The van der Waals surface area contributed by atoms with Gasteiger partial charge in [-0.25, -0.2) is 0 Å². The van der Waals surface area contributed by atoms with Gasteiger partial charge in [-0.3, -0.25) is 0 Å². The Labute approximate surface area is 127 Å². The molecule has 0 aromatic heterocycles. The van der Waals surface area contributed by atoms with Crippen LogP contribution in [0.2, 0.25) is 0 Å². The summed E-state index contributed by atoms with van der Waals surface area (Å²) in [6.07, 6.45) is 13.5. The summed E-state index contributed by atoms with van der Waals surface area (Å²) in [5.41, 5.74) is 5.37. The normalized spacial score (nSPS) is 11.3. The van der Waals surface area contributed by atoms with E-state index in [0.717, 1.165) is 27.8 Å². The Hall–Kier alpha value is -2.78. The Balaban J connectivity index is 2.61. The van der Waals surface area contributed by atoms with E-state index >= 15 is 0 Å². The summed E-state index contributed by atoms with van der Waals surface area (Å²) in [5.74, 6) is 2.74. The number of allylic oxidation sites excluding steroid dienone is 5. The zero-order valence-electron chi connectivity index (χ0n) is 12.2. The molecule has 0 unspecified atom stereocenters. The van der Waals surface area contributed by atoms with E-state index in [-0.39, 0.29) is 0 Å². The molecular weight excluding hydrogens is 252 g/mol. The van der Waals surface area contributed by atoms with Crippen molar-refractivity contribution >= 4 is 5.57 Å². The number of hydrogen-bond donors (Lipinski definition) is 0. The van der Waals surface area contributed by atoms with Crippen molar-refractivity contribution in [2.75, 3.05) is 0 Å². The molecule has 2 aromatic carbocycles. The number of hydrogen-bond acceptors (Lipinski definition) is 0. The molecule has 0 amide bonds. The summed E-state index contributed by atoms with van der Waals surface area (Å²) >= 11 is 0. The third kappa shape index (κ3) is 3.61. The van der Waals surface area contributed by atoms with Crippen molar-refractivity contribution in [1.29, 1.82) is 0 Å². The fourth-order valence-electron chi connectivity index (χ4n) is 2.23. The lowest BCUT2D eigenvalue weighted by Crippen LogP contribution is -1.87. The van der Waals surface area contributed by atoms with Gasteiger partial charge in [0, 0.05) is 5.56 Å². The van der Waals surface area contributed by atoms with E-state index in [1.807, 2.05) is 49.4 Å². The van der Waals surface area contributed by atoms with Crippen molar-refractivity contribution in [3.8, 4) is 23.5 Å². The van der Waals surface area contributed by atoms with E-state index in [2.05, 4.69) is 36.8 Å². The van der Waals surface area contributed by atoms with Crippen LogP contribution < -0.4 is 0 Å². The third-order valence-corrected chi connectivity index (χ3v) is 3.18. The lowest BCUT2D eigenvalue weighted by Gasteiger charge is -2.08. The largest absolute Gasteiger partial charge is 0.115 e. The highest BCUT2D eigenvalue weighted by molar-refractivity contribution is 5.80. The first-order valence-corrected chi connectivity index (χ1v) is 6.91. The second kappa shape index (κ2) is 7.12. The molecule has 0 bridgehead atoms. The molecule has 0 atom stereocenters. The van der Waals surface area contributed by atoms with Crippen LogP contribution >= 0.6 is 0 Å². The molecule has 0 nitrogen and oxygen atoms in total. The zero-order chi connectivity index (χ0) is 15.1. The predicted molar refractivity (Wildman–Crippen MR) is 92.8 cm³/mol. The Bertz CT molecular complexity index is 722. The fraction of sp³-hybridized carbons (Fsp3) is 0.0476. The minimum atomic E-state index is 0.880. The third-order valence-electron chi connectivity index (χ3n) is 3.18. The molecule has 102 valence electrons. The van der Waals surface area contributed by atoms with E-state index in [9.17, 15) is 0 Å². The van der Waals surface area contributed by atoms with Gasteiger partial charge < -0.3 is 0 Å². The van der Waals surface area contributed by atoms with E-state index < -0.39 is 0 Å². The SMILES string of the molecule is C#Cc1cc(C(/C=C\C)=C/C=C)cc(-c2ccccc2)c1. The molecule has 2 aromatic rings. The van der Waals surface area contributed by atoms with Gasteiger partial charge in [0.15, 0.2) is 0 Å². The van der Waals surface area contributed by atoms with Gasteiger partial charge in [0.1, 0.15) is 0 Å². The van der Waals surface area contributed by atoms with Crippen molar-refractivity contribution in [3.05, 3.63) is 90.5 Å². The highest BCUT2D eigenvalue weighted by atomic mass is 14.1. The first-order chi connectivity index (χ1) is 10.3. The first kappa shape index (κ1) is 14.6. The van der Waals surface area contributed by atoms with Crippen LogP contribution in [-0.4, -0.2) is 0 Å². The van der Waals surface area contributed by atoms with Crippen LogP contribution in [0.3, 0.4) is 0 Å². The van der Waals surface area contributed by atoms with Gasteiger partial charge in [-0.2, -0.15) is 0 Å². The molecule has 0 N–H and O–H groups in total. The summed E-state index contributed by atoms with van der Waals surface area (Å²) in [5, 5.41) is 0. The molecule has 0 heterocycles. The summed E-state index contributed by atoms with van der Waals surface area (Å²) < 4.78 is 0. The van der Waals surface area contributed by atoms with Crippen LogP contribution in [0.1, 0.15) is 18.1 Å². The molecule has 0 aliphatic heterocycles. The van der Waals surface area contributed by atoms with Crippen molar-refractivity contribution in [2.45, 2.75) is 6.92 Å². The summed E-state index contributed by atoms with van der Waals surface area (Å²) in [7, 11) is 0. The van der Waals surface area contributed by atoms with Gasteiger partial charge in [-0.1, -0.05) is 67.1 Å². The van der Waals surface area contributed by atoms with Crippen LogP contribution in [0, 0.1) is 12.3 Å². The average molecular weight is 270 g/mol. The van der Waals surface area contributed by atoms with E-state index in [1.54, 1.807) is 6.08 Å². The van der Waals surface area contributed by atoms with Gasteiger partial charge in [0.05, 0.1) is 0 Å². The maximum atomic E-state index is 5.61. The van der Waals surface area contributed by atoms with Gasteiger partial charge in [-0.05, 0) is 47.4 Å². The lowest BCUT2D eigenvalue weighted by molar-refractivity contribution is 1.54. The van der Waals surface area contributed by atoms with Gasteiger partial charge in [0.2, 0.25) is 0 Å². The Morgan fingerprint density at radius 3 is 2.48 bits per heavy atom. The Kier molecular flexibility index (Phi) is 4.96. The highest BCUT2D eigenvalue weighted by Crippen LogP contribution is 2.26. The zero-order valence-corrected chi connectivity index (χ0v) is 12.2. The molecule has 0 spiro atoms. The van der Waals surface area contributed by atoms with E-state index in [4.69, 9.17) is 6.42 Å². The highest BCUT2D eigenvalue weighted by Gasteiger charge is 2.04. The first-order valence-electron chi connectivity index (χ1n) is 6.91. The lowest BCUT2D eigenvalue weighted by atomic mass is 9.96. The van der Waals surface area contributed by atoms with E-state index in [0.29, 0.717) is 0 Å². The summed E-state index contributed by atoms with van der Waals surface area (Å²) in [4.78, 5) is 0. The molecule has 21 heavy (non-hydrogen) atoms. The van der Waals surface area contributed by atoms with Gasteiger partial charge >= 0.3 is 0 Å².